The van der Waals surface area contributed by atoms with Gasteiger partial charge in [-0.05, 0) is 6.42 Å². The first-order valence-corrected chi connectivity index (χ1v) is 4.69. The average molecular weight is 217 g/mol. The number of hydrogen-bond acceptors (Lipinski definition) is 4. The van der Waals surface area contributed by atoms with Crippen LogP contribution < -0.4 is 0 Å². The van der Waals surface area contributed by atoms with E-state index in [9.17, 15) is 10.1 Å². The molecular weight excluding hydrogens is 202 g/mol. The van der Waals surface area contributed by atoms with E-state index >= 15 is 0 Å². The van der Waals surface area contributed by atoms with Gasteiger partial charge < -0.3 is 14.4 Å². The number of hydrazone groups is 1. The Labute approximate surface area is 87.8 Å². The summed E-state index contributed by atoms with van der Waals surface area (Å²) in [7, 11) is 3.08. The Kier molecular flexibility index (Phi) is 4.29. The van der Waals surface area contributed by atoms with Gasteiger partial charge >= 0.3 is 6.02 Å². The minimum Gasteiger partial charge on any atom is -0.464 e. The monoisotopic (exact) mass is 217 g/mol. The van der Waals surface area contributed by atoms with Crippen LogP contribution >= 0.6 is 0 Å². The minimum atomic E-state index is -0.763. The Morgan fingerprint density at radius 3 is 3.00 bits per heavy atom. The lowest BCUT2D eigenvalue weighted by Gasteiger charge is -2.19. The van der Waals surface area contributed by atoms with Crippen LogP contribution in [0.3, 0.4) is 0 Å². The quantitative estimate of drug-likeness (QED) is 0.291. The molecule has 1 rings (SSSR count). The Morgan fingerprint density at radius 1 is 1.80 bits per heavy atom. The molecule has 0 radical (unpaired) electrons. The lowest BCUT2D eigenvalue weighted by Crippen LogP contribution is -2.33. The molecule has 1 aliphatic heterocycles. The summed E-state index contributed by atoms with van der Waals surface area (Å²) < 4.78 is 10.0. The standard InChI is InChI=1S/C8H15N3O4/c1-10(5-7-3-4-15-6-7)8(14-2)9-11(12)13/h7H,3-6H2,1-2H3. The molecule has 1 unspecified atom stereocenters. The maximum atomic E-state index is 10.2. The number of amidine groups is 1. The van der Waals surface area contributed by atoms with E-state index in [-0.39, 0.29) is 6.02 Å². The van der Waals surface area contributed by atoms with Gasteiger partial charge in [-0.3, -0.25) is 0 Å². The second-order valence-corrected chi connectivity index (χ2v) is 3.43. The first-order valence-electron chi connectivity index (χ1n) is 4.69. The second kappa shape index (κ2) is 5.50. The van der Waals surface area contributed by atoms with Gasteiger partial charge in [-0.25, -0.2) is 10.1 Å². The first-order chi connectivity index (χ1) is 7.13. The van der Waals surface area contributed by atoms with Crippen LogP contribution in [0.25, 0.3) is 0 Å². The van der Waals surface area contributed by atoms with E-state index in [1.165, 1.54) is 7.11 Å². The van der Waals surface area contributed by atoms with Crippen LogP contribution in [0.15, 0.2) is 5.10 Å². The van der Waals surface area contributed by atoms with Crippen molar-refractivity contribution in [2.75, 3.05) is 33.9 Å². The number of rotatable bonds is 3. The smallest absolute Gasteiger partial charge is 0.361 e. The summed E-state index contributed by atoms with van der Waals surface area (Å²) in [6, 6.07) is 0.0203. The van der Waals surface area contributed by atoms with Crippen molar-refractivity contribution in [3.8, 4) is 0 Å². The molecule has 0 N–H and O–H groups in total. The van der Waals surface area contributed by atoms with E-state index in [0.717, 1.165) is 13.0 Å². The molecule has 86 valence electrons. The van der Waals surface area contributed by atoms with Gasteiger partial charge in [-0.15, -0.1) is 0 Å². The number of methoxy groups -OCH3 is 1. The fraction of sp³-hybridized carbons (Fsp3) is 0.875. The van der Waals surface area contributed by atoms with Crippen LogP contribution in [0.4, 0.5) is 0 Å². The predicted octanol–water partition coefficient (Wildman–Crippen LogP) is 0.149. The van der Waals surface area contributed by atoms with Crippen LogP contribution in [-0.2, 0) is 9.47 Å². The van der Waals surface area contributed by atoms with Crippen LogP contribution in [0.5, 0.6) is 0 Å². The van der Waals surface area contributed by atoms with E-state index in [0.29, 0.717) is 19.1 Å². The lowest BCUT2D eigenvalue weighted by atomic mass is 10.1. The number of ether oxygens (including phenoxy) is 2. The number of nitrogens with zero attached hydrogens (tertiary/aromatic N) is 3. The molecular formula is C8H15N3O4. The lowest BCUT2D eigenvalue weighted by molar-refractivity contribution is -0.486. The number of nitro groups is 1. The molecule has 0 saturated carbocycles. The van der Waals surface area contributed by atoms with E-state index in [1.54, 1.807) is 11.9 Å². The summed E-state index contributed by atoms with van der Waals surface area (Å²) in [5.41, 5.74) is 0. The predicted molar refractivity (Wildman–Crippen MR) is 53.0 cm³/mol. The van der Waals surface area contributed by atoms with Crippen LogP contribution in [-0.4, -0.2) is 49.9 Å². The van der Waals surface area contributed by atoms with Gasteiger partial charge in [0.15, 0.2) is 5.03 Å². The zero-order valence-electron chi connectivity index (χ0n) is 8.88. The molecule has 0 aliphatic carbocycles. The third-order valence-corrected chi connectivity index (χ3v) is 2.23. The van der Waals surface area contributed by atoms with Crippen molar-refractivity contribution < 1.29 is 14.5 Å². The molecule has 0 aromatic rings. The van der Waals surface area contributed by atoms with Gasteiger partial charge in [0.1, 0.15) is 5.10 Å². The zero-order chi connectivity index (χ0) is 11.3. The highest BCUT2D eigenvalue weighted by molar-refractivity contribution is 5.72. The molecule has 0 amide bonds. The largest absolute Gasteiger partial charge is 0.464 e. The van der Waals surface area contributed by atoms with Crippen molar-refractivity contribution in [2.45, 2.75) is 6.42 Å². The van der Waals surface area contributed by atoms with Crippen molar-refractivity contribution in [3.05, 3.63) is 10.1 Å². The molecule has 0 spiro atoms. The molecule has 0 aromatic heterocycles. The molecule has 7 heteroatoms. The van der Waals surface area contributed by atoms with E-state index in [4.69, 9.17) is 9.47 Å². The normalized spacial score (nSPS) is 21.5. The van der Waals surface area contributed by atoms with Crippen molar-refractivity contribution in [1.29, 1.82) is 0 Å². The highest BCUT2D eigenvalue weighted by Gasteiger charge is 2.21. The molecule has 1 aliphatic rings. The Hall–Kier alpha value is -1.37. The summed E-state index contributed by atoms with van der Waals surface area (Å²) in [4.78, 5) is 11.8. The van der Waals surface area contributed by atoms with Gasteiger partial charge in [0.25, 0.3) is 0 Å². The Morgan fingerprint density at radius 2 is 2.53 bits per heavy atom. The Balaban J connectivity index is 2.48. The van der Waals surface area contributed by atoms with E-state index < -0.39 is 5.03 Å². The van der Waals surface area contributed by atoms with Gasteiger partial charge in [0.2, 0.25) is 0 Å². The summed E-state index contributed by atoms with van der Waals surface area (Å²) >= 11 is 0. The fourth-order valence-electron chi connectivity index (χ4n) is 1.54. The molecule has 1 fully saturated rings. The van der Waals surface area contributed by atoms with Crippen molar-refractivity contribution in [1.82, 2.24) is 4.90 Å². The molecule has 1 heterocycles. The fourth-order valence-corrected chi connectivity index (χ4v) is 1.54. The average Bonchev–Trinajstić information content (AvgIpc) is 2.66. The van der Waals surface area contributed by atoms with Crippen LogP contribution in [0, 0.1) is 16.0 Å². The van der Waals surface area contributed by atoms with Gasteiger partial charge in [0, 0.05) is 26.1 Å². The van der Waals surface area contributed by atoms with E-state index in [1.807, 2.05) is 0 Å². The molecule has 0 bridgehead atoms. The third-order valence-electron chi connectivity index (χ3n) is 2.23. The summed E-state index contributed by atoms with van der Waals surface area (Å²) in [6.07, 6.45) is 0.972. The van der Waals surface area contributed by atoms with Crippen molar-refractivity contribution in [2.24, 2.45) is 11.0 Å². The maximum Gasteiger partial charge on any atom is 0.361 e. The topological polar surface area (TPSA) is 77.2 Å². The molecule has 0 aromatic carbocycles. The Bertz CT molecular complexity index is 250. The van der Waals surface area contributed by atoms with Crippen molar-refractivity contribution >= 4 is 6.02 Å². The number of hydrogen-bond donors (Lipinski definition) is 0. The molecule has 7 nitrogen and oxygen atoms in total. The van der Waals surface area contributed by atoms with Gasteiger partial charge in [-0.1, -0.05) is 0 Å². The SMILES string of the molecule is COC(=N[N+](=O)[O-])N(C)CC1CCOC1. The first kappa shape index (κ1) is 11.7. The maximum absolute atomic E-state index is 10.2. The van der Waals surface area contributed by atoms with Crippen LogP contribution in [0.2, 0.25) is 0 Å². The minimum absolute atomic E-state index is 0.0203. The highest BCUT2D eigenvalue weighted by Crippen LogP contribution is 2.13. The molecule has 1 atom stereocenters. The van der Waals surface area contributed by atoms with Crippen LogP contribution in [0.1, 0.15) is 6.42 Å². The molecule has 1 saturated heterocycles. The van der Waals surface area contributed by atoms with Gasteiger partial charge in [0.05, 0.1) is 13.7 Å². The van der Waals surface area contributed by atoms with Gasteiger partial charge in [-0.2, -0.15) is 0 Å². The van der Waals surface area contributed by atoms with Crippen molar-refractivity contribution in [3.63, 3.8) is 0 Å². The summed E-state index contributed by atoms with van der Waals surface area (Å²) in [5, 5.41) is 12.6. The summed E-state index contributed by atoms with van der Waals surface area (Å²) in [6.45, 7) is 2.10. The molecule has 15 heavy (non-hydrogen) atoms. The second-order valence-electron chi connectivity index (χ2n) is 3.43. The summed E-state index contributed by atoms with van der Waals surface area (Å²) in [5.74, 6) is 0.391. The highest BCUT2D eigenvalue weighted by atomic mass is 16.7. The third kappa shape index (κ3) is 3.70. The van der Waals surface area contributed by atoms with E-state index in [2.05, 4.69) is 5.10 Å². The zero-order valence-corrected chi connectivity index (χ0v) is 8.88.